The first kappa shape index (κ1) is 25.6. The van der Waals surface area contributed by atoms with Gasteiger partial charge in [0.15, 0.2) is 12.6 Å². The number of ether oxygens (including phenoxy) is 4. The smallest absolute Gasteiger partial charge is 0.158 e. The first-order valence-corrected chi connectivity index (χ1v) is 14.4. The SMILES string of the molecule is CC(C)=CCC1([C@@H](C=C[C@@H]2[C@H]3CC(=O)C[C@H]3C[C@H]2OC2CCCCO2)OC2CCCCO2)CCC1. The molecule has 196 valence electrons. The molecule has 5 heteroatoms. The van der Waals surface area contributed by atoms with Gasteiger partial charge in [0.1, 0.15) is 5.78 Å². The highest BCUT2D eigenvalue weighted by Crippen LogP contribution is 2.52. The van der Waals surface area contributed by atoms with Gasteiger partial charge in [-0.3, -0.25) is 4.79 Å². The van der Waals surface area contributed by atoms with Gasteiger partial charge in [0, 0.05) is 37.4 Å². The monoisotopic (exact) mass is 486 g/mol. The fourth-order valence-corrected chi connectivity index (χ4v) is 7.07. The van der Waals surface area contributed by atoms with E-state index in [-0.39, 0.29) is 36.1 Å². The van der Waals surface area contributed by atoms with Gasteiger partial charge in [-0.25, -0.2) is 0 Å². The van der Waals surface area contributed by atoms with E-state index in [4.69, 9.17) is 18.9 Å². The van der Waals surface area contributed by atoms with Crippen LogP contribution in [0.5, 0.6) is 0 Å². The quantitative estimate of drug-likeness (QED) is 0.348. The molecule has 0 amide bonds. The highest BCUT2D eigenvalue weighted by molar-refractivity contribution is 5.81. The molecule has 3 aliphatic carbocycles. The summed E-state index contributed by atoms with van der Waals surface area (Å²) < 4.78 is 25.3. The second kappa shape index (κ2) is 11.6. The lowest BCUT2D eigenvalue weighted by Crippen LogP contribution is -2.44. The molecule has 5 fully saturated rings. The lowest BCUT2D eigenvalue weighted by molar-refractivity contribution is -0.209. The Kier molecular flexibility index (Phi) is 8.48. The van der Waals surface area contributed by atoms with Crippen LogP contribution in [0.4, 0.5) is 0 Å². The average molecular weight is 487 g/mol. The number of carbonyl (C=O) groups excluding carboxylic acids is 1. The number of carbonyl (C=O) groups is 1. The van der Waals surface area contributed by atoms with E-state index in [0.29, 0.717) is 24.0 Å². The fraction of sp³-hybridized carbons (Fsp3) is 0.833. The highest BCUT2D eigenvalue weighted by Gasteiger charge is 2.49. The van der Waals surface area contributed by atoms with Crippen LogP contribution in [0, 0.1) is 23.2 Å². The number of allylic oxidation sites excluding steroid dienone is 2. The number of hydrogen-bond acceptors (Lipinski definition) is 5. The van der Waals surface area contributed by atoms with Gasteiger partial charge in [-0.15, -0.1) is 0 Å². The first-order chi connectivity index (χ1) is 17.0. The zero-order chi connectivity index (χ0) is 24.3. The largest absolute Gasteiger partial charge is 0.353 e. The van der Waals surface area contributed by atoms with Gasteiger partial charge in [-0.2, -0.15) is 0 Å². The maximum Gasteiger partial charge on any atom is 0.158 e. The van der Waals surface area contributed by atoms with Crippen LogP contribution in [0.2, 0.25) is 0 Å². The van der Waals surface area contributed by atoms with Gasteiger partial charge in [0.25, 0.3) is 0 Å². The van der Waals surface area contributed by atoms with Crippen molar-refractivity contribution in [2.45, 2.75) is 122 Å². The summed E-state index contributed by atoms with van der Waals surface area (Å²) in [5.74, 6) is 1.54. The van der Waals surface area contributed by atoms with Gasteiger partial charge in [-0.05, 0) is 89.9 Å². The fourth-order valence-electron chi connectivity index (χ4n) is 7.07. The third-order valence-corrected chi connectivity index (χ3v) is 9.30. The molecule has 7 atom stereocenters. The first-order valence-electron chi connectivity index (χ1n) is 14.4. The maximum atomic E-state index is 12.3. The van der Waals surface area contributed by atoms with Crippen LogP contribution in [0.1, 0.15) is 97.3 Å². The summed E-state index contributed by atoms with van der Waals surface area (Å²) in [6, 6.07) is 0. The lowest BCUT2D eigenvalue weighted by Gasteiger charge is -2.47. The summed E-state index contributed by atoms with van der Waals surface area (Å²) in [6.07, 6.45) is 20.8. The van der Waals surface area contributed by atoms with Gasteiger partial charge >= 0.3 is 0 Å². The van der Waals surface area contributed by atoms with Crippen molar-refractivity contribution in [1.82, 2.24) is 0 Å². The number of fused-ring (bicyclic) bond motifs is 1. The van der Waals surface area contributed by atoms with Crippen molar-refractivity contribution in [3.63, 3.8) is 0 Å². The van der Waals surface area contributed by atoms with E-state index >= 15 is 0 Å². The van der Waals surface area contributed by atoms with E-state index in [1.165, 1.54) is 37.7 Å². The van der Waals surface area contributed by atoms with E-state index in [0.717, 1.165) is 58.2 Å². The molecule has 0 spiro atoms. The molecule has 3 saturated carbocycles. The minimum Gasteiger partial charge on any atom is -0.353 e. The normalized spacial score (nSPS) is 37.7. The molecule has 0 aromatic rings. The van der Waals surface area contributed by atoms with Crippen molar-refractivity contribution in [2.75, 3.05) is 13.2 Å². The Morgan fingerprint density at radius 1 is 1.03 bits per heavy atom. The molecular weight excluding hydrogens is 440 g/mol. The summed E-state index contributed by atoms with van der Waals surface area (Å²) >= 11 is 0. The molecule has 0 radical (unpaired) electrons. The minimum atomic E-state index is -0.102. The topological polar surface area (TPSA) is 54.0 Å². The summed E-state index contributed by atoms with van der Waals surface area (Å²) in [5.41, 5.74) is 1.53. The van der Waals surface area contributed by atoms with Crippen molar-refractivity contribution in [2.24, 2.45) is 23.2 Å². The van der Waals surface area contributed by atoms with Crippen LogP contribution in [0.25, 0.3) is 0 Å². The molecule has 0 N–H and O–H groups in total. The molecule has 0 aromatic heterocycles. The average Bonchev–Trinajstić information content (AvgIpc) is 3.33. The third kappa shape index (κ3) is 6.11. The molecule has 5 rings (SSSR count). The molecule has 2 heterocycles. The van der Waals surface area contributed by atoms with Crippen LogP contribution in [0.3, 0.4) is 0 Å². The van der Waals surface area contributed by atoms with Gasteiger partial charge in [0.2, 0.25) is 0 Å². The van der Waals surface area contributed by atoms with Crippen molar-refractivity contribution >= 4 is 5.78 Å². The van der Waals surface area contributed by atoms with E-state index in [2.05, 4.69) is 32.1 Å². The van der Waals surface area contributed by atoms with E-state index in [9.17, 15) is 4.79 Å². The molecule has 0 bridgehead atoms. The second-order valence-corrected chi connectivity index (χ2v) is 12.1. The summed E-state index contributed by atoms with van der Waals surface area (Å²) in [6.45, 7) is 5.97. The van der Waals surface area contributed by atoms with Gasteiger partial charge in [-0.1, -0.05) is 30.2 Å². The van der Waals surface area contributed by atoms with Gasteiger partial charge < -0.3 is 18.9 Å². The predicted molar refractivity (Wildman–Crippen MR) is 136 cm³/mol. The number of hydrogen-bond donors (Lipinski definition) is 0. The van der Waals surface area contributed by atoms with Crippen LogP contribution in [-0.4, -0.2) is 43.8 Å². The Morgan fingerprint density at radius 3 is 2.40 bits per heavy atom. The molecule has 35 heavy (non-hydrogen) atoms. The molecule has 2 aliphatic heterocycles. The Morgan fingerprint density at radius 2 is 1.77 bits per heavy atom. The third-order valence-electron chi connectivity index (χ3n) is 9.30. The van der Waals surface area contributed by atoms with E-state index in [1.54, 1.807) is 0 Å². The van der Waals surface area contributed by atoms with E-state index < -0.39 is 0 Å². The Labute approximate surface area is 212 Å². The van der Waals surface area contributed by atoms with Crippen molar-refractivity contribution in [1.29, 1.82) is 0 Å². The zero-order valence-corrected chi connectivity index (χ0v) is 21.9. The van der Waals surface area contributed by atoms with Crippen LogP contribution >= 0.6 is 0 Å². The summed E-state index contributed by atoms with van der Waals surface area (Å²) in [4.78, 5) is 12.3. The summed E-state index contributed by atoms with van der Waals surface area (Å²) in [7, 11) is 0. The number of ketones is 1. The van der Waals surface area contributed by atoms with Crippen molar-refractivity contribution in [3.05, 3.63) is 23.8 Å². The van der Waals surface area contributed by atoms with Crippen LogP contribution in [0.15, 0.2) is 23.8 Å². The summed E-state index contributed by atoms with van der Waals surface area (Å²) in [5, 5.41) is 0. The van der Waals surface area contributed by atoms with E-state index in [1.807, 2.05) is 0 Å². The molecule has 2 unspecified atom stereocenters. The number of rotatable bonds is 9. The van der Waals surface area contributed by atoms with Crippen LogP contribution < -0.4 is 0 Å². The Balaban J connectivity index is 1.35. The second-order valence-electron chi connectivity index (χ2n) is 12.1. The minimum absolute atomic E-state index is 0.0395. The lowest BCUT2D eigenvalue weighted by atomic mass is 9.62. The Bertz CT molecular complexity index is 768. The highest BCUT2D eigenvalue weighted by atomic mass is 16.7. The predicted octanol–water partition coefficient (Wildman–Crippen LogP) is 6.51. The molecule has 5 nitrogen and oxygen atoms in total. The maximum absolute atomic E-state index is 12.3. The zero-order valence-electron chi connectivity index (χ0n) is 21.9. The number of Topliss-reactive ketones (excluding diaryl/α,β-unsaturated/α-hetero) is 1. The van der Waals surface area contributed by atoms with Crippen molar-refractivity contribution in [3.8, 4) is 0 Å². The molecular formula is C30H46O5. The molecule has 5 aliphatic rings. The molecule has 0 aromatic carbocycles. The standard InChI is InChI=1S/C30H46O5/c1-21(2)12-15-30(13-7-14-30)27(35-29-9-4-6-17-33-29)11-10-24-25-20-23(31)18-22(25)19-26(24)34-28-8-3-5-16-32-28/h10-12,22,24-29H,3-9,13-20H2,1-2H3/t22-,24+,25-,26+,27+,28?,29?/m0/s1. The molecule has 2 saturated heterocycles. The Hall–Kier alpha value is -1.01. The van der Waals surface area contributed by atoms with Gasteiger partial charge in [0.05, 0.1) is 12.2 Å². The van der Waals surface area contributed by atoms with Crippen LogP contribution in [-0.2, 0) is 23.7 Å². The van der Waals surface area contributed by atoms with Crippen molar-refractivity contribution < 1.29 is 23.7 Å².